The van der Waals surface area contributed by atoms with Gasteiger partial charge in [0.25, 0.3) is 0 Å². The predicted molar refractivity (Wildman–Crippen MR) is 25.1 cm³/mol. The second kappa shape index (κ2) is 1.11. The van der Waals surface area contributed by atoms with Gasteiger partial charge in [-0.25, -0.2) is 0 Å². The zero-order chi connectivity index (χ0) is 4.62. The molecule has 0 N–H and O–H groups in total. The molecular formula is C4H7ClO. The fourth-order valence-electron chi connectivity index (χ4n) is 0.200. The van der Waals surface area contributed by atoms with Crippen molar-refractivity contribution in [2.75, 3.05) is 12.5 Å². The number of halogens is 1. The molecule has 1 aliphatic rings. The summed E-state index contributed by atoms with van der Waals surface area (Å²) in [6.45, 7) is 2.84. The Labute approximate surface area is 42.2 Å². The fraction of sp³-hybridized carbons (Fsp3) is 1.00. The van der Waals surface area contributed by atoms with Gasteiger partial charge in [0.2, 0.25) is 0 Å². The van der Waals surface area contributed by atoms with Gasteiger partial charge in [0, 0.05) is 0 Å². The van der Waals surface area contributed by atoms with Gasteiger partial charge in [-0.15, -0.1) is 11.6 Å². The first kappa shape index (κ1) is 4.41. The lowest BCUT2D eigenvalue weighted by Gasteiger charge is -1.90. The average Bonchev–Trinajstić information content (AvgIpc) is 2.22. The highest BCUT2D eigenvalue weighted by Crippen LogP contribution is 2.26. The van der Waals surface area contributed by atoms with Gasteiger partial charge >= 0.3 is 0 Å². The molecule has 36 valence electrons. The van der Waals surface area contributed by atoms with Crippen molar-refractivity contribution in [3.63, 3.8) is 0 Å². The minimum absolute atomic E-state index is 0.0571. The van der Waals surface area contributed by atoms with E-state index in [1.807, 2.05) is 6.92 Å². The lowest BCUT2D eigenvalue weighted by Crippen LogP contribution is -2.04. The quantitative estimate of drug-likeness (QED) is 0.359. The standard InChI is InChI=1S/C4H7ClO/c1-4(2-5)3-6-4/h2-3H2,1H3/t4-/m1/s1. The summed E-state index contributed by atoms with van der Waals surface area (Å²) in [4.78, 5) is 0. The first-order valence-electron chi connectivity index (χ1n) is 1.97. The molecule has 0 aromatic heterocycles. The summed E-state index contributed by atoms with van der Waals surface area (Å²) >= 11 is 5.42. The van der Waals surface area contributed by atoms with E-state index < -0.39 is 0 Å². The number of hydrogen-bond donors (Lipinski definition) is 0. The molecule has 1 heterocycles. The van der Waals surface area contributed by atoms with Crippen molar-refractivity contribution in [1.82, 2.24) is 0 Å². The second-order valence-corrected chi connectivity index (χ2v) is 2.14. The van der Waals surface area contributed by atoms with Crippen LogP contribution in [0.2, 0.25) is 0 Å². The SMILES string of the molecule is C[C@@]1(CCl)CO1. The molecule has 0 unspecified atom stereocenters. The van der Waals surface area contributed by atoms with E-state index >= 15 is 0 Å². The van der Waals surface area contributed by atoms with Crippen LogP contribution in [-0.2, 0) is 4.74 Å². The third kappa shape index (κ3) is 0.660. The lowest BCUT2D eigenvalue weighted by molar-refractivity contribution is 0.347. The van der Waals surface area contributed by atoms with Crippen LogP contribution in [0, 0.1) is 0 Å². The summed E-state index contributed by atoms with van der Waals surface area (Å²) in [7, 11) is 0. The van der Waals surface area contributed by atoms with E-state index in [0.717, 1.165) is 6.61 Å². The van der Waals surface area contributed by atoms with Crippen molar-refractivity contribution in [2.24, 2.45) is 0 Å². The van der Waals surface area contributed by atoms with Crippen molar-refractivity contribution in [2.45, 2.75) is 12.5 Å². The first-order valence-corrected chi connectivity index (χ1v) is 2.50. The molecule has 0 aliphatic carbocycles. The van der Waals surface area contributed by atoms with E-state index in [0.29, 0.717) is 5.88 Å². The first-order chi connectivity index (χ1) is 2.77. The maximum Gasteiger partial charge on any atom is 0.102 e. The van der Waals surface area contributed by atoms with Gasteiger partial charge in [0.05, 0.1) is 12.5 Å². The molecule has 6 heavy (non-hydrogen) atoms. The summed E-state index contributed by atoms with van der Waals surface area (Å²) in [6.07, 6.45) is 0. The molecule has 0 radical (unpaired) electrons. The zero-order valence-electron chi connectivity index (χ0n) is 3.70. The van der Waals surface area contributed by atoms with Gasteiger partial charge in [-0.1, -0.05) is 0 Å². The van der Waals surface area contributed by atoms with Crippen molar-refractivity contribution in [3.05, 3.63) is 0 Å². The van der Waals surface area contributed by atoms with Gasteiger partial charge in [-0.3, -0.25) is 0 Å². The predicted octanol–water partition coefficient (Wildman–Crippen LogP) is 1.01. The molecule has 0 amide bonds. The number of ether oxygens (including phenoxy) is 1. The van der Waals surface area contributed by atoms with E-state index in [2.05, 4.69) is 0 Å². The van der Waals surface area contributed by atoms with Crippen LogP contribution in [-0.4, -0.2) is 18.1 Å². The molecular weight excluding hydrogens is 99.5 g/mol. The highest BCUT2D eigenvalue weighted by Gasteiger charge is 2.37. The van der Waals surface area contributed by atoms with Crippen LogP contribution in [0.5, 0.6) is 0 Å². The van der Waals surface area contributed by atoms with Crippen molar-refractivity contribution < 1.29 is 4.74 Å². The molecule has 0 saturated carbocycles. The molecule has 1 saturated heterocycles. The van der Waals surface area contributed by atoms with Gasteiger partial charge in [-0.05, 0) is 6.92 Å². The van der Waals surface area contributed by atoms with Crippen molar-refractivity contribution >= 4 is 11.6 Å². The largest absolute Gasteiger partial charge is 0.369 e. The molecule has 0 aromatic rings. The Hall–Kier alpha value is 0.250. The van der Waals surface area contributed by atoms with E-state index in [-0.39, 0.29) is 5.60 Å². The Morgan fingerprint density at radius 2 is 2.50 bits per heavy atom. The van der Waals surface area contributed by atoms with E-state index in [1.165, 1.54) is 0 Å². The van der Waals surface area contributed by atoms with Gasteiger partial charge in [0.1, 0.15) is 5.60 Å². The number of hydrogen-bond acceptors (Lipinski definition) is 1. The van der Waals surface area contributed by atoms with Crippen LogP contribution in [0.3, 0.4) is 0 Å². The Kier molecular flexibility index (Phi) is 0.815. The average molecular weight is 107 g/mol. The molecule has 1 aliphatic heterocycles. The highest BCUT2D eigenvalue weighted by molar-refractivity contribution is 6.18. The maximum atomic E-state index is 5.42. The van der Waals surface area contributed by atoms with Crippen LogP contribution in [0.25, 0.3) is 0 Å². The number of alkyl halides is 1. The molecule has 2 heteroatoms. The second-order valence-electron chi connectivity index (χ2n) is 1.87. The lowest BCUT2D eigenvalue weighted by atomic mass is 10.3. The van der Waals surface area contributed by atoms with Crippen LogP contribution in [0.1, 0.15) is 6.92 Å². The van der Waals surface area contributed by atoms with Crippen LogP contribution in [0.15, 0.2) is 0 Å². The summed E-state index contributed by atoms with van der Waals surface area (Å²) in [5.41, 5.74) is 0.0571. The monoisotopic (exact) mass is 106 g/mol. The summed E-state index contributed by atoms with van der Waals surface area (Å²) in [5, 5.41) is 0. The molecule has 0 aromatic carbocycles. The third-order valence-corrected chi connectivity index (χ3v) is 1.49. The van der Waals surface area contributed by atoms with Crippen LogP contribution in [0.4, 0.5) is 0 Å². The minimum Gasteiger partial charge on any atom is -0.369 e. The van der Waals surface area contributed by atoms with E-state index in [9.17, 15) is 0 Å². The molecule has 1 atom stereocenters. The van der Waals surface area contributed by atoms with E-state index in [1.54, 1.807) is 0 Å². The van der Waals surface area contributed by atoms with Crippen molar-refractivity contribution in [3.8, 4) is 0 Å². The van der Waals surface area contributed by atoms with Gasteiger partial charge < -0.3 is 4.74 Å². The summed E-state index contributed by atoms with van der Waals surface area (Å²) < 4.78 is 4.91. The molecule has 1 fully saturated rings. The summed E-state index contributed by atoms with van der Waals surface area (Å²) in [6, 6.07) is 0. The third-order valence-electron chi connectivity index (χ3n) is 0.920. The molecule has 1 nitrogen and oxygen atoms in total. The normalized spacial score (nSPS) is 43.0. The Morgan fingerprint density at radius 1 is 2.00 bits per heavy atom. The Balaban J connectivity index is 2.28. The molecule has 0 bridgehead atoms. The topological polar surface area (TPSA) is 12.5 Å². The molecule has 0 spiro atoms. The zero-order valence-corrected chi connectivity index (χ0v) is 4.46. The van der Waals surface area contributed by atoms with Gasteiger partial charge in [0.15, 0.2) is 0 Å². The van der Waals surface area contributed by atoms with Crippen LogP contribution < -0.4 is 0 Å². The highest BCUT2D eigenvalue weighted by atomic mass is 35.5. The minimum atomic E-state index is 0.0571. The summed E-state index contributed by atoms with van der Waals surface area (Å²) in [5.74, 6) is 0.632. The smallest absolute Gasteiger partial charge is 0.102 e. The van der Waals surface area contributed by atoms with Crippen LogP contribution >= 0.6 is 11.6 Å². The Morgan fingerprint density at radius 3 is 2.50 bits per heavy atom. The number of epoxide rings is 1. The maximum absolute atomic E-state index is 5.42. The van der Waals surface area contributed by atoms with Crippen molar-refractivity contribution in [1.29, 1.82) is 0 Å². The Bertz CT molecular complexity index is 58.6. The molecule has 1 rings (SSSR count). The van der Waals surface area contributed by atoms with E-state index in [4.69, 9.17) is 16.3 Å². The number of rotatable bonds is 1. The fourth-order valence-corrected chi connectivity index (χ4v) is 0.355. The van der Waals surface area contributed by atoms with Gasteiger partial charge in [-0.2, -0.15) is 0 Å².